The van der Waals surface area contributed by atoms with E-state index in [0.29, 0.717) is 30.5 Å². The van der Waals surface area contributed by atoms with Gasteiger partial charge in [-0.1, -0.05) is 64.1 Å². The molecule has 2 N–H and O–H groups in total. The lowest BCUT2D eigenvalue weighted by Gasteiger charge is -2.30. The molecule has 1 atom stereocenters. The minimum atomic E-state index is -1.05. The van der Waals surface area contributed by atoms with Crippen LogP contribution in [0.2, 0.25) is 0 Å². The largest absolute Gasteiger partial charge is 0.511 e. The maximum absolute atomic E-state index is 13.1. The molecule has 0 saturated carbocycles. The molecule has 0 radical (unpaired) electrons. The number of aliphatic hydroxyl groups excluding tert-OH is 1. The van der Waals surface area contributed by atoms with Crippen LogP contribution in [-0.4, -0.2) is 48.2 Å². The number of hydrogen-bond donors (Lipinski definition) is 2. The Bertz CT molecular complexity index is 1190. The number of benzene rings is 2. The SMILES string of the molecule is COC(=O)[C@H](CN=C(CC(C)C)C1=C(O)CC(C)(C)CC1=O)NC(=O)c1cccc2ccccc12. The molecule has 186 valence electrons. The minimum Gasteiger partial charge on any atom is -0.511 e. The van der Waals surface area contributed by atoms with Crippen molar-refractivity contribution in [2.75, 3.05) is 13.7 Å². The summed E-state index contributed by atoms with van der Waals surface area (Å²) in [4.78, 5) is 43.1. The smallest absolute Gasteiger partial charge is 0.330 e. The number of nitrogens with zero attached hydrogens (tertiary/aromatic N) is 1. The number of amides is 1. The van der Waals surface area contributed by atoms with E-state index < -0.39 is 17.9 Å². The van der Waals surface area contributed by atoms with Gasteiger partial charge in [0.1, 0.15) is 11.8 Å². The molecule has 2 aromatic carbocycles. The third-order valence-corrected chi connectivity index (χ3v) is 6.03. The number of rotatable bonds is 8. The number of ketones is 1. The van der Waals surface area contributed by atoms with Gasteiger partial charge in [-0.05, 0) is 34.6 Å². The number of nitrogens with one attached hydrogen (secondary N) is 1. The normalized spacial score (nSPS) is 17.0. The Balaban J connectivity index is 1.91. The molecule has 0 bridgehead atoms. The van der Waals surface area contributed by atoms with E-state index in [1.165, 1.54) is 7.11 Å². The van der Waals surface area contributed by atoms with E-state index in [0.717, 1.165) is 10.8 Å². The summed E-state index contributed by atoms with van der Waals surface area (Å²) in [6, 6.07) is 11.9. The number of carbonyl (C=O) groups excluding carboxylic acids is 3. The average Bonchev–Trinajstić information content (AvgIpc) is 2.78. The highest BCUT2D eigenvalue weighted by Gasteiger charge is 2.35. The molecule has 0 unspecified atom stereocenters. The first kappa shape index (κ1) is 26.1. The fourth-order valence-electron chi connectivity index (χ4n) is 4.43. The number of esters is 1. The fraction of sp³-hybridized carbons (Fsp3) is 0.429. The van der Waals surface area contributed by atoms with Gasteiger partial charge >= 0.3 is 5.97 Å². The Morgan fingerprint density at radius 1 is 1.11 bits per heavy atom. The first-order valence-electron chi connectivity index (χ1n) is 11.9. The van der Waals surface area contributed by atoms with E-state index in [1.54, 1.807) is 12.1 Å². The van der Waals surface area contributed by atoms with Gasteiger partial charge in [-0.3, -0.25) is 14.6 Å². The molecule has 3 rings (SSSR count). The summed E-state index contributed by atoms with van der Waals surface area (Å²) in [5.41, 5.74) is 0.802. The van der Waals surface area contributed by atoms with Crippen LogP contribution in [-0.2, 0) is 14.3 Å². The molecule has 2 aromatic rings. The Morgan fingerprint density at radius 2 is 1.80 bits per heavy atom. The third-order valence-electron chi connectivity index (χ3n) is 6.03. The number of aliphatic hydroxyl groups is 1. The van der Waals surface area contributed by atoms with Gasteiger partial charge in [0.2, 0.25) is 0 Å². The van der Waals surface area contributed by atoms with Gasteiger partial charge in [0.15, 0.2) is 5.78 Å². The lowest BCUT2D eigenvalue weighted by Crippen LogP contribution is -2.44. The summed E-state index contributed by atoms with van der Waals surface area (Å²) in [5, 5.41) is 15.1. The van der Waals surface area contributed by atoms with Crippen molar-refractivity contribution >= 4 is 34.1 Å². The van der Waals surface area contributed by atoms with Crippen molar-refractivity contribution in [3.8, 4) is 0 Å². The van der Waals surface area contributed by atoms with Crippen LogP contribution in [0.15, 0.2) is 58.8 Å². The molecule has 0 aromatic heterocycles. The van der Waals surface area contributed by atoms with E-state index in [9.17, 15) is 19.5 Å². The summed E-state index contributed by atoms with van der Waals surface area (Å²) >= 11 is 0. The first-order valence-corrected chi connectivity index (χ1v) is 11.9. The van der Waals surface area contributed by atoms with Gasteiger partial charge in [0.05, 0.1) is 19.2 Å². The van der Waals surface area contributed by atoms with E-state index in [-0.39, 0.29) is 35.0 Å². The summed E-state index contributed by atoms with van der Waals surface area (Å²) in [6.45, 7) is 7.74. The average molecular weight is 479 g/mol. The van der Waals surface area contributed by atoms with Crippen molar-refractivity contribution in [2.45, 2.75) is 53.0 Å². The zero-order valence-electron chi connectivity index (χ0n) is 21.1. The Morgan fingerprint density at radius 3 is 2.46 bits per heavy atom. The van der Waals surface area contributed by atoms with Crippen LogP contribution in [0.4, 0.5) is 0 Å². The minimum absolute atomic E-state index is 0.0278. The van der Waals surface area contributed by atoms with Gasteiger partial charge in [-0.15, -0.1) is 0 Å². The second-order valence-electron chi connectivity index (χ2n) is 10.2. The zero-order valence-corrected chi connectivity index (χ0v) is 21.1. The topological polar surface area (TPSA) is 105 Å². The Kier molecular flexibility index (Phi) is 8.10. The predicted octanol–water partition coefficient (Wildman–Crippen LogP) is 4.80. The van der Waals surface area contributed by atoms with Crippen LogP contribution in [0.25, 0.3) is 10.8 Å². The van der Waals surface area contributed by atoms with E-state index >= 15 is 0 Å². The van der Waals surface area contributed by atoms with Gasteiger partial charge < -0.3 is 15.2 Å². The van der Waals surface area contributed by atoms with Gasteiger partial charge in [0, 0.05) is 24.1 Å². The second kappa shape index (κ2) is 10.8. The number of hydrogen-bond acceptors (Lipinski definition) is 6. The van der Waals surface area contributed by atoms with Crippen LogP contribution < -0.4 is 5.32 Å². The number of allylic oxidation sites excluding steroid dienone is 2. The maximum atomic E-state index is 13.1. The number of Topliss-reactive ketones (excluding diaryl/α,β-unsaturated/α-hetero) is 1. The van der Waals surface area contributed by atoms with Gasteiger partial charge in [-0.25, -0.2) is 4.79 Å². The number of methoxy groups -OCH3 is 1. The molecule has 0 saturated heterocycles. The number of fused-ring (bicyclic) bond motifs is 1. The van der Waals surface area contributed by atoms with Crippen molar-refractivity contribution in [2.24, 2.45) is 16.3 Å². The van der Waals surface area contributed by atoms with Crippen molar-refractivity contribution in [3.05, 3.63) is 59.4 Å². The number of carbonyl (C=O) groups is 3. The molecule has 0 heterocycles. The lowest BCUT2D eigenvalue weighted by atomic mass is 9.75. The zero-order chi connectivity index (χ0) is 25.8. The van der Waals surface area contributed by atoms with Crippen LogP contribution in [0.3, 0.4) is 0 Å². The van der Waals surface area contributed by atoms with Gasteiger partial charge in [0.25, 0.3) is 5.91 Å². The molecule has 7 heteroatoms. The summed E-state index contributed by atoms with van der Waals surface area (Å²) in [5.74, 6) is -1.03. The third kappa shape index (κ3) is 6.35. The fourth-order valence-corrected chi connectivity index (χ4v) is 4.43. The number of aliphatic imine (C=N–C) groups is 1. The van der Waals surface area contributed by atoms with Crippen molar-refractivity contribution < 1.29 is 24.2 Å². The Hall–Kier alpha value is -3.48. The molecule has 35 heavy (non-hydrogen) atoms. The highest BCUT2D eigenvalue weighted by atomic mass is 16.5. The van der Waals surface area contributed by atoms with Crippen LogP contribution in [0.1, 0.15) is 57.3 Å². The quantitative estimate of drug-likeness (QED) is 0.419. The highest BCUT2D eigenvalue weighted by molar-refractivity contribution is 6.23. The van der Waals surface area contributed by atoms with Crippen LogP contribution in [0.5, 0.6) is 0 Å². The molecule has 1 amide bonds. The molecule has 0 fully saturated rings. The van der Waals surface area contributed by atoms with E-state index in [1.807, 2.05) is 58.0 Å². The molecule has 7 nitrogen and oxygen atoms in total. The first-order chi connectivity index (χ1) is 16.5. The van der Waals surface area contributed by atoms with Crippen molar-refractivity contribution in [3.63, 3.8) is 0 Å². The number of ether oxygens (including phenoxy) is 1. The molecular formula is C28H34N2O5. The van der Waals surface area contributed by atoms with Crippen LogP contribution >= 0.6 is 0 Å². The summed E-state index contributed by atoms with van der Waals surface area (Å²) < 4.78 is 4.91. The monoisotopic (exact) mass is 478 g/mol. The summed E-state index contributed by atoms with van der Waals surface area (Å²) in [6.07, 6.45) is 1.14. The highest BCUT2D eigenvalue weighted by Crippen LogP contribution is 2.36. The van der Waals surface area contributed by atoms with Crippen LogP contribution in [0, 0.1) is 11.3 Å². The standard InChI is InChI=1S/C28H34N2O5/c1-17(2)13-21(25-23(31)14-28(3,4)15-24(25)32)29-16-22(27(34)35-5)30-26(33)20-12-8-10-18-9-6-7-11-19(18)20/h6-12,17,22,31H,13-16H2,1-5H3,(H,30,33)/t22-/m0/s1. The summed E-state index contributed by atoms with van der Waals surface area (Å²) in [7, 11) is 1.25. The molecule has 0 spiro atoms. The maximum Gasteiger partial charge on any atom is 0.330 e. The van der Waals surface area contributed by atoms with Gasteiger partial charge in [-0.2, -0.15) is 0 Å². The lowest BCUT2D eigenvalue weighted by molar-refractivity contribution is -0.142. The molecular weight excluding hydrogens is 444 g/mol. The Labute approximate surface area is 206 Å². The molecule has 1 aliphatic rings. The van der Waals surface area contributed by atoms with Crippen molar-refractivity contribution in [1.29, 1.82) is 0 Å². The van der Waals surface area contributed by atoms with E-state index in [2.05, 4.69) is 10.3 Å². The van der Waals surface area contributed by atoms with Crippen molar-refractivity contribution in [1.82, 2.24) is 5.32 Å². The van der Waals surface area contributed by atoms with E-state index in [4.69, 9.17) is 4.74 Å². The second-order valence-corrected chi connectivity index (χ2v) is 10.2. The molecule has 0 aliphatic heterocycles. The molecule has 1 aliphatic carbocycles. The predicted molar refractivity (Wildman–Crippen MR) is 137 cm³/mol.